The molecule has 5 aromatic rings. The second kappa shape index (κ2) is 11.3. The Morgan fingerprint density at radius 2 is 1.95 bits per heavy atom. The van der Waals surface area contributed by atoms with Crippen molar-refractivity contribution in [2.75, 3.05) is 12.4 Å². The lowest BCUT2D eigenvalue weighted by Gasteiger charge is -2.38. The van der Waals surface area contributed by atoms with Crippen molar-refractivity contribution >= 4 is 28.4 Å². The van der Waals surface area contributed by atoms with Crippen LogP contribution in [0.15, 0.2) is 55.1 Å². The molecule has 1 atom stereocenters. The number of aromatic amines is 1. The Balaban J connectivity index is 1.16. The zero-order chi connectivity index (χ0) is 29.3. The fraction of sp³-hybridized carbons (Fsp3) is 0.367. The highest BCUT2D eigenvalue weighted by Gasteiger charge is 2.43. The predicted molar refractivity (Wildman–Crippen MR) is 158 cm³/mol. The molecule has 12 nitrogen and oxygen atoms in total. The van der Waals surface area contributed by atoms with Gasteiger partial charge in [0.05, 0.1) is 17.3 Å². The van der Waals surface area contributed by atoms with E-state index in [0.29, 0.717) is 36.1 Å². The second-order valence-electron chi connectivity index (χ2n) is 10.9. The standard InChI is InChI=1S/C30H34N10O2/c1-18-14-25(38-37-18)35-24-15-22-6-5-13-31-27(22)28(36-24)21-9-11-30(42-4,12-10-21)29(41)34-19(2)23-7-8-26(32-16-23)40-17-33-20(3)39-40/h5-8,13-17,19,21H,9-12H2,1-4H3,(H,34,41)(H2,35,36,37,38)/t19-,21-,30+/m0/s1. The van der Waals surface area contributed by atoms with Gasteiger partial charge in [-0.25, -0.2) is 19.6 Å². The quantitative estimate of drug-likeness (QED) is 0.245. The van der Waals surface area contributed by atoms with Gasteiger partial charge in [0.15, 0.2) is 11.6 Å². The molecule has 0 unspecified atom stereocenters. The molecule has 5 heterocycles. The topological polar surface area (TPSA) is 148 Å². The minimum absolute atomic E-state index is 0.118. The molecule has 216 valence electrons. The number of fused-ring (bicyclic) bond motifs is 1. The van der Waals surface area contributed by atoms with Crippen LogP contribution in [0, 0.1) is 13.8 Å². The van der Waals surface area contributed by atoms with Crippen LogP contribution in [-0.2, 0) is 9.53 Å². The van der Waals surface area contributed by atoms with Gasteiger partial charge in [-0.05, 0) is 70.2 Å². The Kier molecular flexibility index (Phi) is 7.38. The van der Waals surface area contributed by atoms with Crippen LogP contribution in [0.25, 0.3) is 16.7 Å². The van der Waals surface area contributed by atoms with E-state index in [9.17, 15) is 4.79 Å². The summed E-state index contributed by atoms with van der Waals surface area (Å²) in [6.07, 6.45) is 7.80. The first-order valence-corrected chi connectivity index (χ1v) is 14.1. The highest BCUT2D eigenvalue weighted by atomic mass is 16.5. The molecule has 0 saturated heterocycles. The third-order valence-electron chi connectivity index (χ3n) is 8.02. The van der Waals surface area contributed by atoms with Gasteiger partial charge in [-0.1, -0.05) is 12.1 Å². The lowest BCUT2D eigenvalue weighted by atomic mass is 9.76. The molecule has 12 heteroatoms. The third-order valence-corrected chi connectivity index (χ3v) is 8.02. The number of carbonyl (C=O) groups is 1. The SMILES string of the molecule is CO[C@]1(C(=O)N[C@@H](C)c2ccc(-n3cnc(C)n3)nc2)CC[C@H](c2nc(Nc3cc(C)[nH]n3)cc3cccnc32)CC1. The highest BCUT2D eigenvalue weighted by Crippen LogP contribution is 2.41. The van der Waals surface area contributed by atoms with Crippen LogP contribution in [0.1, 0.15) is 67.3 Å². The van der Waals surface area contributed by atoms with Crippen molar-refractivity contribution in [1.82, 2.24) is 45.2 Å². The molecule has 0 spiro atoms. The summed E-state index contributed by atoms with van der Waals surface area (Å²) in [6.45, 7) is 5.73. The molecule has 0 radical (unpaired) electrons. The number of amides is 1. The summed E-state index contributed by atoms with van der Waals surface area (Å²) in [6, 6.07) is 11.5. The van der Waals surface area contributed by atoms with Gasteiger partial charge in [-0.3, -0.25) is 14.9 Å². The Labute approximate surface area is 243 Å². The van der Waals surface area contributed by atoms with E-state index >= 15 is 0 Å². The van der Waals surface area contributed by atoms with E-state index in [1.54, 1.807) is 30.5 Å². The van der Waals surface area contributed by atoms with Crippen LogP contribution in [0.4, 0.5) is 11.6 Å². The van der Waals surface area contributed by atoms with Crippen LogP contribution < -0.4 is 10.6 Å². The summed E-state index contributed by atoms with van der Waals surface area (Å²) in [5, 5.41) is 19.0. The monoisotopic (exact) mass is 566 g/mol. The van der Waals surface area contributed by atoms with Gasteiger partial charge in [0, 0.05) is 42.6 Å². The van der Waals surface area contributed by atoms with Crippen LogP contribution >= 0.6 is 0 Å². The number of aryl methyl sites for hydroxylation is 2. The van der Waals surface area contributed by atoms with Crippen LogP contribution in [0.5, 0.6) is 0 Å². The van der Waals surface area contributed by atoms with Crippen LogP contribution in [0.3, 0.4) is 0 Å². The van der Waals surface area contributed by atoms with Crippen molar-refractivity contribution in [3.05, 3.63) is 77.9 Å². The maximum atomic E-state index is 13.6. The maximum absolute atomic E-state index is 13.6. The molecule has 1 amide bonds. The first-order valence-electron chi connectivity index (χ1n) is 14.1. The summed E-state index contributed by atoms with van der Waals surface area (Å²) >= 11 is 0. The number of ether oxygens (including phenoxy) is 1. The van der Waals surface area contributed by atoms with Crippen molar-refractivity contribution in [2.45, 2.75) is 64.0 Å². The fourth-order valence-corrected chi connectivity index (χ4v) is 5.61. The van der Waals surface area contributed by atoms with E-state index in [1.165, 1.54) is 0 Å². The Bertz CT molecular complexity index is 1700. The van der Waals surface area contributed by atoms with Gasteiger partial charge in [0.25, 0.3) is 5.91 Å². The molecule has 1 aliphatic carbocycles. The summed E-state index contributed by atoms with van der Waals surface area (Å²) < 4.78 is 7.55. The average molecular weight is 567 g/mol. The van der Waals surface area contributed by atoms with Crippen LogP contribution in [0.2, 0.25) is 0 Å². The molecule has 1 fully saturated rings. The molecular weight excluding hydrogens is 532 g/mol. The van der Waals surface area contributed by atoms with Crippen molar-refractivity contribution < 1.29 is 9.53 Å². The van der Waals surface area contributed by atoms with E-state index in [4.69, 9.17) is 9.72 Å². The number of aromatic nitrogens is 8. The van der Waals surface area contributed by atoms with Gasteiger partial charge in [0.2, 0.25) is 0 Å². The molecule has 0 aliphatic heterocycles. The van der Waals surface area contributed by atoms with Crippen molar-refractivity contribution in [2.24, 2.45) is 0 Å². The van der Waals surface area contributed by atoms with E-state index in [0.717, 1.165) is 40.7 Å². The number of nitrogens with zero attached hydrogens (tertiary/aromatic N) is 7. The van der Waals surface area contributed by atoms with Gasteiger partial charge in [0.1, 0.15) is 23.6 Å². The summed E-state index contributed by atoms with van der Waals surface area (Å²) in [5.74, 6) is 2.78. The molecular formula is C30H34N10O2. The van der Waals surface area contributed by atoms with Crippen LogP contribution in [-0.4, -0.2) is 58.5 Å². The Morgan fingerprint density at radius 3 is 2.62 bits per heavy atom. The molecule has 1 aliphatic rings. The first kappa shape index (κ1) is 27.5. The summed E-state index contributed by atoms with van der Waals surface area (Å²) in [7, 11) is 1.62. The minimum Gasteiger partial charge on any atom is -0.368 e. The molecule has 42 heavy (non-hydrogen) atoms. The number of pyridine rings is 3. The number of H-pyrrole nitrogens is 1. The molecule has 3 N–H and O–H groups in total. The Morgan fingerprint density at radius 1 is 1.12 bits per heavy atom. The number of rotatable bonds is 8. The number of nitrogens with one attached hydrogen (secondary N) is 3. The zero-order valence-corrected chi connectivity index (χ0v) is 24.1. The number of hydrogen-bond acceptors (Lipinski definition) is 9. The summed E-state index contributed by atoms with van der Waals surface area (Å²) in [5.41, 5.74) is 2.75. The van der Waals surface area contributed by atoms with E-state index < -0.39 is 5.60 Å². The predicted octanol–water partition coefficient (Wildman–Crippen LogP) is 4.61. The average Bonchev–Trinajstić information content (AvgIpc) is 3.64. The Hall–Kier alpha value is -4.71. The third kappa shape index (κ3) is 5.45. The van der Waals surface area contributed by atoms with E-state index in [1.807, 2.05) is 57.2 Å². The summed E-state index contributed by atoms with van der Waals surface area (Å²) in [4.78, 5) is 31.9. The number of carbonyl (C=O) groups excluding carboxylic acids is 1. The van der Waals surface area contributed by atoms with E-state index in [-0.39, 0.29) is 17.9 Å². The highest BCUT2D eigenvalue weighted by molar-refractivity contribution is 5.86. The number of methoxy groups -OCH3 is 1. The molecule has 1 saturated carbocycles. The lowest BCUT2D eigenvalue weighted by molar-refractivity contribution is -0.148. The number of anilines is 2. The molecule has 5 aromatic heterocycles. The van der Waals surface area contributed by atoms with Crippen molar-refractivity contribution in [1.29, 1.82) is 0 Å². The van der Waals surface area contributed by atoms with Crippen molar-refractivity contribution in [3.8, 4) is 5.82 Å². The van der Waals surface area contributed by atoms with Gasteiger partial charge in [-0.15, -0.1) is 0 Å². The zero-order valence-electron chi connectivity index (χ0n) is 24.1. The lowest BCUT2D eigenvalue weighted by Crippen LogP contribution is -2.50. The maximum Gasteiger partial charge on any atom is 0.252 e. The number of hydrogen-bond donors (Lipinski definition) is 3. The largest absolute Gasteiger partial charge is 0.368 e. The molecule has 0 aromatic carbocycles. The first-order chi connectivity index (χ1) is 20.3. The normalized spacial score (nSPS) is 19.5. The van der Waals surface area contributed by atoms with Gasteiger partial charge in [-0.2, -0.15) is 10.2 Å². The molecule has 6 rings (SSSR count). The van der Waals surface area contributed by atoms with Crippen molar-refractivity contribution in [3.63, 3.8) is 0 Å². The second-order valence-corrected chi connectivity index (χ2v) is 10.9. The van der Waals surface area contributed by atoms with Gasteiger partial charge < -0.3 is 15.4 Å². The fourth-order valence-electron chi connectivity index (χ4n) is 5.61. The van der Waals surface area contributed by atoms with E-state index in [2.05, 4.69) is 40.9 Å². The minimum atomic E-state index is -0.915. The smallest absolute Gasteiger partial charge is 0.252 e. The molecule has 0 bridgehead atoms. The van der Waals surface area contributed by atoms with Gasteiger partial charge >= 0.3 is 0 Å².